The van der Waals surface area contributed by atoms with Crippen molar-refractivity contribution in [3.8, 4) is 22.9 Å². The van der Waals surface area contributed by atoms with Crippen LogP contribution in [-0.4, -0.2) is 43.7 Å². The molecule has 1 aromatic heterocycles. The molecule has 0 aliphatic carbocycles. The first-order chi connectivity index (χ1) is 25.7. The zero-order valence-corrected chi connectivity index (χ0v) is 30.4. The molecule has 10 nitrogen and oxygen atoms in total. The van der Waals surface area contributed by atoms with E-state index in [1.807, 2.05) is 17.7 Å². The van der Waals surface area contributed by atoms with Crippen molar-refractivity contribution in [1.29, 1.82) is 5.26 Å². The van der Waals surface area contributed by atoms with E-state index in [0.717, 1.165) is 41.4 Å². The molecule has 1 heterocycles. The van der Waals surface area contributed by atoms with Gasteiger partial charge in [-0.1, -0.05) is 67.4 Å². The summed E-state index contributed by atoms with van der Waals surface area (Å²) in [6, 6.07) is 20.4. The number of nitriles is 1. The van der Waals surface area contributed by atoms with Crippen LogP contribution in [0.15, 0.2) is 89.8 Å². The summed E-state index contributed by atoms with van der Waals surface area (Å²) in [6.45, 7) is 1.59. The Morgan fingerprint density at radius 1 is 1.02 bits per heavy atom. The number of anilines is 1. The molecule has 0 fully saturated rings. The average Bonchev–Trinajstić information content (AvgIpc) is 3.47. The van der Waals surface area contributed by atoms with Crippen molar-refractivity contribution >= 4 is 39.1 Å². The van der Waals surface area contributed by atoms with Crippen LogP contribution in [-0.2, 0) is 38.6 Å². The zero-order chi connectivity index (χ0) is 39.2. The van der Waals surface area contributed by atoms with Crippen molar-refractivity contribution in [3.05, 3.63) is 129 Å². The highest BCUT2D eigenvalue weighted by molar-refractivity contribution is 7.90. The van der Waals surface area contributed by atoms with Gasteiger partial charge in [-0.3, -0.25) is 9.59 Å². The second-order valence-corrected chi connectivity index (χ2v) is 14.1. The number of nitrogens with zero attached hydrogens (tertiary/aromatic N) is 3. The Kier molecular flexibility index (Phi) is 12.2. The van der Waals surface area contributed by atoms with Crippen LogP contribution in [0.4, 0.5) is 23.2 Å². The molecule has 0 aliphatic rings. The van der Waals surface area contributed by atoms with Gasteiger partial charge in [0.15, 0.2) is 0 Å². The number of halogens is 5. The highest BCUT2D eigenvalue weighted by atomic mass is 35.5. The molecule has 0 bridgehead atoms. The number of nitrogens with one attached hydrogen (secondary N) is 2. The van der Waals surface area contributed by atoms with Gasteiger partial charge in [-0.15, -0.1) is 0 Å². The maximum absolute atomic E-state index is 14.3. The molecular weight excluding hydrogens is 750 g/mol. The monoisotopic (exact) mass is 781 g/mol. The summed E-state index contributed by atoms with van der Waals surface area (Å²) in [6.07, 6.45) is -3.19. The van der Waals surface area contributed by atoms with Crippen molar-refractivity contribution in [2.45, 2.75) is 43.7 Å². The third-order valence-corrected chi connectivity index (χ3v) is 10.0. The van der Waals surface area contributed by atoms with Gasteiger partial charge >= 0.3 is 6.18 Å². The minimum Gasteiger partial charge on any atom is -0.375 e. The van der Waals surface area contributed by atoms with E-state index in [1.54, 1.807) is 18.2 Å². The van der Waals surface area contributed by atoms with Crippen molar-refractivity contribution in [2.75, 3.05) is 19.0 Å². The summed E-state index contributed by atoms with van der Waals surface area (Å²) < 4.78 is 91.5. The van der Waals surface area contributed by atoms with Crippen molar-refractivity contribution in [2.24, 2.45) is 0 Å². The average molecular weight is 782 g/mol. The molecule has 4 aromatic carbocycles. The van der Waals surface area contributed by atoms with Gasteiger partial charge < -0.3 is 10.1 Å². The highest BCUT2D eigenvalue weighted by Gasteiger charge is 2.36. The first-order valence-corrected chi connectivity index (χ1v) is 18.2. The molecule has 0 saturated carbocycles. The Balaban J connectivity index is 1.54. The molecule has 280 valence electrons. The number of rotatable bonds is 13. The zero-order valence-electron chi connectivity index (χ0n) is 28.8. The Hall–Kier alpha value is -5.56. The number of hydrogen-bond donors (Lipinski definition) is 2. The quantitative estimate of drug-likeness (QED) is 0.116. The number of aromatic nitrogens is 2. The second kappa shape index (κ2) is 16.6. The number of carbonyl (C=O) groups excluding carboxylic acids is 2. The molecule has 54 heavy (non-hydrogen) atoms. The predicted octanol–water partition coefficient (Wildman–Crippen LogP) is 7.86. The van der Waals surface area contributed by atoms with Gasteiger partial charge in [0.05, 0.1) is 27.4 Å². The Morgan fingerprint density at radius 3 is 2.41 bits per heavy atom. The normalized spacial score (nSPS) is 11.6. The molecule has 0 atom stereocenters. The molecule has 2 N–H and O–H groups in total. The number of sulfonamides is 1. The summed E-state index contributed by atoms with van der Waals surface area (Å²) in [5.74, 6) is -2.65. The number of methoxy groups -OCH3 is 1. The summed E-state index contributed by atoms with van der Waals surface area (Å²) in [5, 5.41) is 17.5. The molecule has 0 saturated heterocycles. The van der Waals surface area contributed by atoms with E-state index in [4.69, 9.17) is 16.3 Å². The van der Waals surface area contributed by atoms with E-state index >= 15 is 0 Å². The maximum atomic E-state index is 14.3. The molecule has 0 spiro atoms. The van der Waals surface area contributed by atoms with E-state index in [-0.39, 0.29) is 39.9 Å². The fourth-order valence-electron chi connectivity index (χ4n) is 5.73. The van der Waals surface area contributed by atoms with Crippen LogP contribution in [0, 0.1) is 17.1 Å². The number of benzene rings is 4. The summed E-state index contributed by atoms with van der Waals surface area (Å²) in [4.78, 5) is 24.6. The molecule has 0 unspecified atom stereocenters. The van der Waals surface area contributed by atoms with Crippen LogP contribution in [0.5, 0.6) is 0 Å². The molecule has 0 radical (unpaired) electrons. The molecule has 5 aromatic rings. The molecule has 5 rings (SSSR count). The van der Waals surface area contributed by atoms with E-state index < -0.39 is 50.6 Å². The standard InChI is InChI=1S/C38H32ClF4N5O5S/c1-3-4-12-32-28(34(21-44)48(46-32)33-20-25(45-36(49)22-53-2)16-17-29(33)38(41,42)43)18-24-15-14-23(19-30(24)39)26-9-6-8-13-35(26)54(51,52)47-37(50)27-10-5-7-11-31(27)40/h5-11,13-17,19-20H,3-4,12,18,22H2,1-2H3,(H,45,49)(H,47,50). The lowest BCUT2D eigenvalue weighted by Gasteiger charge is -2.16. The largest absolute Gasteiger partial charge is 0.418 e. The van der Waals surface area contributed by atoms with Crippen molar-refractivity contribution in [1.82, 2.24) is 14.5 Å². The predicted molar refractivity (Wildman–Crippen MR) is 193 cm³/mol. The minimum atomic E-state index is -4.84. The lowest BCUT2D eigenvalue weighted by molar-refractivity contribution is -0.137. The maximum Gasteiger partial charge on any atom is 0.418 e. The summed E-state index contributed by atoms with van der Waals surface area (Å²) >= 11 is 6.76. The Bertz CT molecular complexity index is 2370. The number of carbonyl (C=O) groups is 2. The van der Waals surface area contributed by atoms with Gasteiger partial charge in [0.25, 0.3) is 15.9 Å². The van der Waals surface area contributed by atoms with Gasteiger partial charge in [0.1, 0.15) is 24.2 Å². The lowest BCUT2D eigenvalue weighted by Crippen LogP contribution is -2.31. The van der Waals surface area contributed by atoms with Gasteiger partial charge in [-0.05, 0) is 66.4 Å². The van der Waals surface area contributed by atoms with Crippen molar-refractivity contribution < 1.29 is 40.3 Å². The van der Waals surface area contributed by atoms with Gasteiger partial charge in [0, 0.05) is 35.4 Å². The number of amides is 2. The Labute approximate surface area is 313 Å². The van der Waals surface area contributed by atoms with Crippen LogP contribution in [0.3, 0.4) is 0 Å². The van der Waals surface area contributed by atoms with Crippen LogP contribution < -0.4 is 10.0 Å². The SMILES string of the molecule is CCCCc1nn(-c2cc(NC(=O)COC)ccc2C(F)(F)F)c(C#N)c1Cc1ccc(-c2ccccc2S(=O)(=O)NC(=O)c2ccccc2F)cc1Cl. The number of aryl methyl sites for hydroxylation is 1. The van der Waals surface area contributed by atoms with Gasteiger partial charge in [-0.2, -0.15) is 23.5 Å². The van der Waals surface area contributed by atoms with E-state index in [9.17, 15) is 40.8 Å². The van der Waals surface area contributed by atoms with E-state index in [1.165, 1.54) is 43.5 Å². The number of alkyl halides is 3. The topological polar surface area (TPSA) is 143 Å². The smallest absolute Gasteiger partial charge is 0.375 e. The lowest BCUT2D eigenvalue weighted by atomic mass is 9.97. The minimum absolute atomic E-state index is 0.0225. The number of unbranched alkanes of at least 4 members (excludes halogenated alkanes) is 1. The first kappa shape index (κ1) is 39.6. The van der Waals surface area contributed by atoms with Crippen LogP contribution >= 0.6 is 11.6 Å². The number of hydrogen-bond acceptors (Lipinski definition) is 7. The van der Waals surface area contributed by atoms with Crippen LogP contribution in [0.2, 0.25) is 5.02 Å². The fraction of sp³-hybridized carbons (Fsp3) is 0.211. The third kappa shape index (κ3) is 8.79. The van der Waals surface area contributed by atoms with Crippen LogP contribution in [0.25, 0.3) is 16.8 Å². The summed E-state index contributed by atoms with van der Waals surface area (Å²) in [5.41, 5.74) is -0.476. The first-order valence-electron chi connectivity index (χ1n) is 16.4. The molecular formula is C38H32ClF4N5O5S. The summed E-state index contributed by atoms with van der Waals surface area (Å²) in [7, 11) is -3.22. The fourth-order valence-corrected chi connectivity index (χ4v) is 7.18. The molecule has 0 aliphatic heterocycles. The number of ether oxygens (including phenoxy) is 1. The second-order valence-electron chi connectivity index (χ2n) is 12.0. The molecule has 2 amide bonds. The van der Waals surface area contributed by atoms with Crippen molar-refractivity contribution in [3.63, 3.8) is 0 Å². The Morgan fingerprint density at radius 2 is 1.74 bits per heavy atom. The van der Waals surface area contributed by atoms with Gasteiger partial charge in [0.2, 0.25) is 5.91 Å². The third-order valence-electron chi connectivity index (χ3n) is 8.28. The van der Waals surface area contributed by atoms with E-state index in [2.05, 4.69) is 10.4 Å². The van der Waals surface area contributed by atoms with Gasteiger partial charge in [-0.25, -0.2) is 22.2 Å². The molecule has 16 heteroatoms. The van der Waals surface area contributed by atoms with E-state index in [0.29, 0.717) is 35.2 Å². The highest BCUT2D eigenvalue weighted by Crippen LogP contribution is 2.38. The van der Waals surface area contributed by atoms with Crippen LogP contribution in [0.1, 0.15) is 58.2 Å².